The molecule has 0 unspecified atom stereocenters. The topological polar surface area (TPSA) is 43.5 Å². The monoisotopic (exact) mass is 467 g/mol. The molecular weight excluding hydrogens is 432 g/mol. The van der Waals surface area contributed by atoms with Crippen LogP contribution in [0.1, 0.15) is 52.8 Å². The van der Waals surface area contributed by atoms with Crippen molar-refractivity contribution in [1.82, 2.24) is 0 Å². The van der Waals surface area contributed by atoms with E-state index in [2.05, 4.69) is 56.9 Å². The average molecular weight is 468 g/mol. The van der Waals surface area contributed by atoms with Crippen LogP contribution in [-0.2, 0) is 9.90 Å². The number of carbonyl (C=O) groups is 1. The zero-order valence-electron chi connectivity index (χ0n) is 22.1. The lowest BCUT2D eigenvalue weighted by Gasteiger charge is -2.47. The van der Waals surface area contributed by atoms with Gasteiger partial charge in [-0.15, -0.1) is 0 Å². The highest BCUT2D eigenvalue weighted by Gasteiger charge is 2.46. The normalized spacial score (nSPS) is 17.1. The molecule has 4 rings (SSSR count). The fraction of sp³-hybridized carbons (Fsp3) is 0.323. The standard InChI is InChI=1S/C31H35N2O2/c1-19-14-21(3)26(22(4)15-19)32-18-31(7,8)30(35)33(27-23(5)16-20(2)17-24(27)6)29(32)28(34)25-12-10-9-11-13-25/h9-17H,18H2,1-8H3. The molecule has 1 saturated heterocycles. The third-order valence-corrected chi connectivity index (χ3v) is 6.81. The molecule has 1 aliphatic rings. The molecule has 4 nitrogen and oxygen atoms in total. The SMILES string of the molecule is Cc1cc(C)c(N2CC(C)(C)C(=O)N(c3c(C)cc(C)cc3C)C2=C([O])c2ccccc2)c(C)c1. The number of aryl methyl sites for hydroxylation is 6. The second-order valence-electron chi connectivity index (χ2n) is 10.6. The molecule has 181 valence electrons. The Balaban J connectivity index is 2.10. The van der Waals surface area contributed by atoms with Gasteiger partial charge in [-0.2, -0.15) is 0 Å². The summed E-state index contributed by atoms with van der Waals surface area (Å²) in [6.45, 7) is 16.7. The number of rotatable bonds is 3. The van der Waals surface area contributed by atoms with Gasteiger partial charge in [-0.1, -0.05) is 65.7 Å². The summed E-state index contributed by atoms with van der Waals surface area (Å²) in [7, 11) is 0. The lowest BCUT2D eigenvalue weighted by atomic mass is 9.86. The highest BCUT2D eigenvalue weighted by molar-refractivity contribution is 6.06. The Bertz CT molecular complexity index is 1290. The van der Waals surface area contributed by atoms with E-state index in [1.54, 1.807) is 4.90 Å². The molecular formula is C31H35N2O2. The Labute approximate surface area is 209 Å². The summed E-state index contributed by atoms with van der Waals surface area (Å²) in [5.74, 6) is 0.171. The van der Waals surface area contributed by atoms with E-state index in [9.17, 15) is 9.90 Å². The van der Waals surface area contributed by atoms with Crippen LogP contribution in [0.5, 0.6) is 0 Å². The molecule has 1 amide bonds. The zero-order valence-corrected chi connectivity index (χ0v) is 22.1. The Hall–Kier alpha value is -3.53. The molecule has 1 radical (unpaired) electrons. The number of hydrogen-bond acceptors (Lipinski definition) is 2. The van der Waals surface area contributed by atoms with Crippen LogP contribution in [0.2, 0.25) is 0 Å². The van der Waals surface area contributed by atoms with Crippen LogP contribution in [0.4, 0.5) is 11.4 Å². The third kappa shape index (κ3) is 4.34. The van der Waals surface area contributed by atoms with Gasteiger partial charge in [0.15, 0.2) is 5.82 Å². The van der Waals surface area contributed by atoms with E-state index in [1.165, 1.54) is 5.56 Å². The molecule has 0 aliphatic carbocycles. The summed E-state index contributed by atoms with van der Waals surface area (Å²) in [6.07, 6.45) is 0. The number of amides is 1. The maximum Gasteiger partial charge on any atom is 0.240 e. The van der Waals surface area contributed by atoms with Gasteiger partial charge >= 0.3 is 0 Å². The van der Waals surface area contributed by atoms with Crippen molar-refractivity contribution in [2.24, 2.45) is 5.41 Å². The second-order valence-corrected chi connectivity index (χ2v) is 10.6. The lowest BCUT2D eigenvalue weighted by Crippen LogP contribution is -2.57. The molecule has 0 spiro atoms. The van der Waals surface area contributed by atoms with Crippen LogP contribution in [0.3, 0.4) is 0 Å². The molecule has 0 bridgehead atoms. The number of carbonyl (C=O) groups excluding carboxylic acids is 1. The predicted octanol–water partition coefficient (Wildman–Crippen LogP) is 7.17. The van der Waals surface area contributed by atoms with Crippen molar-refractivity contribution in [2.45, 2.75) is 55.4 Å². The molecule has 3 aromatic rings. The van der Waals surface area contributed by atoms with Gasteiger partial charge in [-0.05, 0) is 77.6 Å². The lowest BCUT2D eigenvalue weighted by molar-refractivity contribution is -0.126. The van der Waals surface area contributed by atoms with Gasteiger partial charge in [0.05, 0.1) is 11.1 Å². The first-order valence-electron chi connectivity index (χ1n) is 12.2. The van der Waals surface area contributed by atoms with Crippen molar-refractivity contribution in [2.75, 3.05) is 16.3 Å². The second kappa shape index (κ2) is 8.92. The first-order valence-corrected chi connectivity index (χ1v) is 12.2. The third-order valence-electron chi connectivity index (χ3n) is 6.81. The van der Waals surface area contributed by atoms with Crippen molar-refractivity contribution in [3.05, 3.63) is 99.4 Å². The fourth-order valence-corrected chi connectivity index (χ4v) is 5.52. The minimum atomic E-state index is -0.700. The van der Waals surface area contributed by atoms with Gasteiger partial charge in [0.25, 0.3) is 0 Å². The summed E-state index contributed by atoms with van der Waals surface area (Å²) in [5, 5.41) is 14.2. The van der Waals surface area contributed by atoms with Gasteiger partial charge in [0.2, 0.25) is 11.7 Å². The van der Waals surface area contributed by atoms with Crippen molar-refractivity contribution < 1.29 is 9.90 Å². The molecule has 4 heteroatoms. The molecule has 1 heterocycles. The molecule has 0 atom stereocenters. The Morgan fingerprint density at radius 1 is 0.743 bits per heavy atom. The molecule has 0 aromatic heterocycles. The van der Waals surface area contributed by atoms with Crippen LogP contribution in [0.15, 0.2) is 60.4 Å². The summed E-state index contributed by atoms with van der Waals surface area (Å²) < 4.78 is 0. The van der Waals surface area contributed by atoms with E-state index >= 15 is 0 Å². The van der Waals surface area contributed by atoms with Crippen molar-refractivity contribution in [1.29, 1.82) is 0 Å². The van der Waals surface area contributed by atoms with E-state index in [0.717, 1.165) is 39.2 Å². The molecule has 1 aliphatic heterocycles. The van der Waals surface area contributed by atoms with Crippen LogP contribution in [0.25, 0.3) is 5.76 Å². The Morgan fingerprint density at radius 3 is 1.69 bits per heavy atom. The van der Waals surface area contributed by atoms with Crippen LogP contribution in [0, 0.1) is 47.0 Å². The highest BCUT2D eigenvalue weighted by atomic mass is 16.3. The van der Waals surface area contributed by atoms with Crippen molar-refractivity contribution >= 4 is 23.0 Å². The van der Waals surface area contributed by atoms with Gasteiger partial charge in [-0.3, -0.25) is 14.8 Å². The average Bonchev–Trinajstić information content (AvgIpc) is 2.75. The maximum atomic E-state index is 14.2. The minimum absolute atomic E-state index is 0.0644. The van der Waals surface area contributed by atoms with E-state index in [-0.39, 0.29) is 11.7 Å². The predicted molar refractivity (Wildman–Crippen MR) is 144 cm³/mol. The smallest absolute Gasteiger partial charge is 0.240 e. The number of anilines is 2. The molecule has 35 heavy (non-hydrogen) atoms. The van der Waals surface area contributed by atoms with E-state index < -0.39 is 5.41 Å². The molecule has 0 N–H and O–H groups in total. The van der Waals surface area contributed by atoms with Crippen LogP contribution < -0.4 is 9.80 Å². The van der Waals surface area contributed by atoms with E-state index in [1.807, 2.05) is 58.0 Å². The number of benzene rings is 3. The summed E-state index contributed by atoms with van der Waals surface area (Å²) in [4.78, 5) is 17.9. The zero-order chi connectivity index (χ0) is 25.7. The Kier molecular flexibility index (Phi) is 6.27. The Morgan fingerprint density at radius 2 is 1.20 bits per heavy atom. The van der Waals surface area contributed by atoms with Gasteiger partial charge < -0.3 is 4.90 Å². The van der Waals surface area contributed by atoms with Gasteiger partial charge in [0, 0.05) is 17.8 Å². The van der Waals surface area contributed by atoms with Gasteiger partial charge in [0.1, 0.15) is 0 Å². The largest absolute Gasteiger partial charge is 0.323 e. The summed E-state index contributed by atoms with van der Waals surface area (Å²) >= 11 is 0. The van der Waals surface area contributed by atoms with Gasteiger partial charge in [-0.25, -0.2) is 0 Å². The van der Waals surface area contributed by atoms with E-state index in [0.29, 0.717) is 17.9 Å². The fourth-order valence-electron chi connectivity index (χ4n) is 5.52. The van der Waals surface area contributed by atoms with Crippen molar-refractivity contribution in [3.8, 4) is 0 Å². The summed E-state index contributed by atoms with van der Waals surface area (Å²) in [5.41, 5.74) is 8.08. The highest BCUT2D eigenvalue weighted by Crippen LogP contribution is 2.44. The van der Waals surface area contributed by atoms with Crippen LogP contribution >= 0.6 is 0 Å². The maximum absolute atomic E-state index is 14.2. The van der Waals surface area contributed by atoms with Crippen LogP contribution in [-0.4, -0.2) is 12.5 Å². The van der Waals surface area contributed by atoms with Crippen molar-refractivity contribution in [3.63, 3.8) is 0 Å². The first-order chi connectivity index (χ1) is 16.4. The number of hydrogen-bond donors (Lipinski definition) is 0. The first kappa shape index (κ1) is 24.6. The molecule has 3 aromatic carbocycles. The molecule has 1 fully saturated rings. The quantitative estimate of drug-likeness (QED) is 0.383. The summed E-state index contributed by atoms with van der Waals surface area (Å²) in [6, 6.07) is 17.7. The minimum Gasteiger partial charge on any atom is -0.323 e. The van der Waals surface area contributed by atoms with E-state index in [4.69, 9.17) is 0 Å². The molecule has 0 saturated carbocycles. The number of nitrogens with zero attached hydrogens (tertiary/aromatic N) is 2.